The summed E-state index contributed by atoms with van der Waals surface area (Å²) in [4.78, 5) is 0. The molecule has 54 valence electrons. The Labute approximate surface area is 67.8 Å². The lowest BCUT2D eigenvalue weighted by Crippen LogP contribution is -2.12. The molecule has 1 saturated carbocycles. The van der Waals surface area contributed by atoms with Gasteiger partial charge in [-0.25, -0.2) is 4.39 Å². The van der Waals surface area contributed by atoms with Crippen LogP contribution in [-0.4, -0.2) is 21.8 Å². The summed E-state index contributed by atoms with van der Waals surface area (Å²) in [5.74, 6) is 0.413. The topological polar surface area (TPSA) is 20.2 Å². The van der Waals surface area contributed by atoms with Gasteiger partial charge in [-0.1, -0.05) is 22.6 Å². The summed E-state index contributed by atoms with van der Waals surface area (Å²) in [5, 5.41) is 8.92. The zero-order chi connectivity index (χ0) is 6.85. The maximum absolute atomic E-state index is 12.5. The minimum atomic E-state index is -0.954. The van der Waals surface area contributed by atoms with Gasteiger partial charge in [-0.3, -0.25) is 0 Å². The first-order chi connectivity index (χ1) is 4.24. The van der Waals surface area contributed by atoms with Crippen LogP contribution in [0.4, 0.5) is 4.39 Å². The largest absolute Gasteiger partial charge is 0.390 e. The van der Waals surface area contributed by atoms with E-state index in [2.05, 4.69) is 22.6 Å². The Morgan fingerprint density at radius 1 is 1.56 bits per heavy atom. The normalized spacial score (nSPS) is 43.7. The van der Waals surface area contributed by atoms with Gasteiger partial charge < -0.3 is 5.11 Å². The van der Waals surface area contributed by atoms with Gasteiger partial charge in [-0.15, -0.1) is 0 Å². The fourth-order valence-electron chi connectivity index (χ4n) is 1.19. The molecule has 0 saturated heterocycles. The van der Waals surface area contributed by atoms with Crippen LogP contribution in [0.25, 0.3) is 0 Å². The standard InChI is InChI=1S/C6H10FIO/c7-5-1-4(3-8)2-6(5)9/h4-6,9H,1-3H2/t4-,5-,6-/m1/s1. The minimum absolute atomic E-state index is 0.413. The number of hydrogen-bond acceptors (Lipinski definition) is 1. The molecular formula is C6H10FIO. The Hall–Kier alpha value is 0.620. The van der Waals surface area contributed by atoms with E-state index in [4.69, 9.17) is 5.11 Å². The summed E-state index contributed by atoms with van der Waals surface area (Å²) in [6, 6.07) is 0. The van der Waals surface area contributed by atoms with Gasteiger partial charge in [0.15, 0.2) is 0 Å². The Balaban J connectivity index is 2.35. The van der Waals surface area contributed by atoms with Gasteiger partial charge >= 0.3 is 0 Å². The highest BCUT2D eigenvalue weighted by Gasteiger charge is 2.31. The molecule has 1 nitrogen and oxygen atoms in total. The smallest absolute Gasteiger partial charge is 0.126 e. The molecular weight excluding hydrogens is 234 g/mol. The molecule has 0 aliphatic heterocycles. The minimum Gasteiger partial charge on any atom is -0.390 e. The second-order valence-corrected chi connectivity index (χ2v) is 3.46. The van der Waals surface area contributed by atoms with E-state index < -0.39 is 12.3 Å². The molecule has 0 radical (unpaired) electrons. The average Bonchev–Trinajstić information content (AvgIpc) is 2.13. The molecule has 1 N–H and O–H groups in total. The van der Waals surface area contributed by atoms with Crippen LogP contribution in [0.15, 0.2) is 0 Å². The molecule has 1 aliphatic carbocycles. The summed E-state index contributed by atoms with van der Waals surface area (Å²) in [6.07, 6.45) is -0.414. The molecule has 1 rings (SSSR count). The molecule has 0 heterocycles. The second kappa shape index (κ2) is 3.14. The first-order valence-electron chi connectivity index (χ1n) is 3.12. The summed E-state index contributed by atoms with van der Waals surface area (Å²) in [6.45, 7) is 0. The Kier molecular flexibility index (Phi) is 2.70. The lowest BCUT2D eigenvalue weighted by molar-refractivity contribution is 0.103. The van der Waals surface area contributed by atoms with Gasteiger partial charge in [-0.2, -0.15) is 0 Å². The number of halogens is 2. The molecule has 3 heteroatoms. The summed E-state index contributed by atoms with van der Waals surface area (Å²) in [7, 11) is 0. The third-order valence-electron chi connectivity index (χ3n) is 1.77. The van der Waals surface area contributed by atoms with Crippen LogP contribution in [0.1, 0.15) is 12.8 Å². The zero-order valence-corrected chi connectivity index (χ0v) is 7.21. The van der Waals surface area contributed by atoms with Crippen molar-refractivity contribution in [2.24, 2.45) is 5.92 Å². The molecule has 1 aliphatic rings. The number of rotatable bonds is 1. The molecule has 0 aromatic heterocycles. The van der Waals surface area contributed by atoms with E-state index in [1.807, 2.05) is 0 Å². The first-order valence-corrected chi connectivity index (χ1v) is 4.64. The van der Waals surface area contributed by atoms with E-state index in [0.717, 1.165) is 4.43 Å². The first kappa shape index (κ1) is 7.72. The summed E-state index contributed by atoms with van der Waals surface area (Å²) < 4.78 is 13.5. The summed E-state index contributed by atoms with van der Waals surface area (Å²) >= 11 is 2.23. The van der Waals surface area contributed by atoms with Crippen molar-refractivity contribution >= 4 is 22.6 Å². The number of hydrogen-bond donors (Lipinski definition) is 1. The third-order valence-corrected chi connectivity index (χ3v) is 3.01. The number of aliphatic hydroxyl groups excluding tert-OH is 1. The van der Waals surface area contributed by atoms with E-state index in [1.54, 1.807) is 0 Å². The van der Waals surface area contributed by atoms with Crippen LogP contribution in [0.3, 0.4) is 0 Å². The summed E-state index contributed by atoms with van der Waals surface area (Å²) in [5.41, 5.74) is 0. The fraction of sp³-hybridized carbons (Fsp3) is 1.00. The van der Waals surface area contributed by atoms with Crippen LogP contribution >= 0.6 is 22.6 Å². The van der Waals surface area contributed by atoms with E-state index in [-0.39, 0.29) is 0 Å². The van der Waals surface area contributed by atoms with E-state index in [1.165, 1.54) is 0 Å². The van der Waals surface area contributed by atoms with Crippen molar-refractivity contribution in [1.29, 1.82) is 0 Å². The SMILES string of the molecule is O[C@@H]1C[C@H](CI)C[C@H]1F. The average molecular weight is 244 g/mol. The highest BCUT2D eigenvalue weighted by Crippen LogP contribution is 2.29. The lowest BCUT2D eigenvalue weighted by atomic mass is 10.1. The van der Waals surface area contributed by atoms with Gasteiger partial charge in [0.25, 0.3) is 0 Å². The molecule has 9 heavy (non-hydrogen) atoms. The number of alkyl halides is 2. The van der Waals surface area contributed by atoms with Crippen molar-refractivity contribution in [1.82, 2.24) is 0 Å². The van der Waals surface area contributed by atoms with E-state index in [9.17, 15) is 4.39 Å². The Morgan fingerprint density at radius 2 is 2.22 bits per heavy atom. The quantitative estimate of drug-likeness (QED) is 0.547. The van der Waals surface area contributed by atoms with Gasteiger partial charge in [0.1, 0.15) is 6.17 Å². The van der Waals surface area contributed by atoms with Crippen LogP contribution < -0.4 is 0 Å². The van der Waals surface area contributed by atoms with Crippen molar-refractivity contribution in [2.45, 2.75) is 25.1 Å². The van der Waals surface area contributed by atoms with E-state index >= 15 is 0 Å². The molecule has 3 atom stereocenters. The van der Waals surface area contributed by atoms with Crippen molar-refractivity contribution in [3.8, 4) is 0 Å². The third kappa shape index (κ3) is 1.77. The Morgan fingerprint density at radius 3 is 2.44 bits per heavy atom. The highest BCUT2D eigenvalue weighted by molar-refractivity contribution is 14.1. The highest BCUT2D eigenvalue weighted by atomic mass is 127. The van der Waals surface area contributed by atoms with Crippen LogP contribution in [0.5, 0.6) is 0 Å². The van der Waals surface area contributed by atoms with E-state index in [0.29, 0.717) is 18.8 Å². The van der Waals surface area contributed by atoms with Crippen molar-refractivity contribution < 1.29 is 9.50 Å². The molecule has 0 unspecified atom stereocenters. The molecule has 0 aromatic carbocycles. The second-order valence-electron chi connectivity index (χ2n) is 2.58. The van der Waals surface area contributed by atoms with Gasteiger partial charge in [0.2, 0.25) is 0 Å². The maximum atomic E-state index is 12.5. The molecule has 0 spiro atoms. The lowest BCUT2D eigenvalue weighted by Gasteiger charge is -2.00. The molecule has 0 amide bonds. The molecule has 0 bridgehead atoms. The molecule has 1 fully saturated rings. The van der Waals surface area contributed by atoms with Gasteiger partial charge in [0.05, 0.1) is 6.10 Å². The predicted octanol–water partition coefficient (Wildman–Crippen LogP) is 1.53. The van der Waals surface area contributed by atoms with Crippen molar-refractivity contribution in [2.75, 3.05) is 4.43 Å². The van der Waals surface area contributed by atoms with Crippen LogP contribution in [0.2, 0.25) is 0 Å². The van der Waals surface area contributed by atoms with Crippen LogP contribution in [-0.2, 0) is 0 Å². The molecule has 0 aromatic rings. The van der Waals surface area contributed by atoms with Crippen molar-refractivity contribution in [3.05, 3.63) is 0 Å². The predicted molar refractivity (Wildman–Crippen MR) is 42.5 cm³/mol. The Bertz CT molecular complexity index is 89.1. The fourth-order valence-corrected chi connectivity index (χ4v) is 1.91. The maximum Gasteiger partial charge on any atom is 0.126 e. The monoisotopic (exact) mass is 244 g/mol. The van der Waals surface area contributed by atoms with Crippen molar-refractivity contribution in [3.63, 3.8) is 0 Å². The van der Waals surface area contributed by atoms with Gasteiger partial charge in [-0.05, 0) is 18.8 Å². The van der Waals surface area contributed by atoms with Gasteiger partial charge in [0, 0.05) is 4.43 Å². The zero-order valence-electron chi connectivity index (χ0n) is 5.06. The van der Waals surface area contributed by atoms with Crippen LogP contribution in [0, 0.1) is 5.92 Å². The number of aliphatic hydroxyl groups is 1.